The lowest BCUT2D eigenvalue weighted by Crippen LogP contribution is -2.16. The van der Waals surface area contributed by atoms with Crippen LogP contribution in [0, 0.1) is 0 Å². The summed E-state index contributed by atoms with van der Waals surface area (Å²) in [6.45, 7) is 4.90. The van der Waals surface area contributed by atoms with Crippen LogP contribution in [-0.2, 0) is 9.47 Å². The van der Waals surface area contributed by atoms with Gasteiger partial charge in [-0.2, -0.15) is 0 Å². The summed E-state index contributed by atoms with van der Waals surface area (Å²) in [5, 5.41) is 17.6. The molecular formula is C10H26O4. The first kappa shape index (κ1) is 19.4. The maximum absolute atomic E-state index is 8.79. The Morgan fingerprint density at radius 1 is 0.857 bits per heavy atom. The molecule has 0 heterocycles. The highest BCUT2D eigenvalue weighted by molar-refractivity contribution is 4.43. The van der Waals surface area contributed by atoms with E-state index >= 15 is 0 Å². The van der Waals surface area contributed by atoms with Crippen molar-refractivity contribution in [2.75, 3.05) is 26.4 Å². The van der Waals surface area contributed by atoms with E-state index in [1.54, 1.807) is 13.8 Å². The van der Waals surface area contributed by atoms with E-state index < -0.39 is 12.2 Å². The third-order valence-corrected chi connectivity index (χ3v) is 1.09. The molecule has 0 bridgehead atoms. The molecule has 0 saturated heterocycles. The van der Waals surface area contributed by atoms with Gasteiger partial charge in [0, 0.05) is 0 Å². The zero-order valence-electron chi connectivity index (χ0n) is 7.69. The fourth-order valence-corrected chi connectivity index (χ4v) is 0.626. The van der Waals surface area contributed by atoms with Crippen LogP contribution in [0.15, 0.2) is 0 Å². The topological polar surface area (TPSA) is 58.9 Å². The van der Waals surface area contributed by atoms with Gasteiger partial charge < -0.3 is 19.7 Å². The molecule has 4 heteroatoms. The molecule has 14 heavy (non-hydrogen) atoms. The van der Waals surface area contributed by atoms with Gasteiger partial charge in [0.1, 0.15) is 0 Å². The van der Waals surface area contributed by atoms with Crippen LogP contribution >= 0.6 is 0 Å². The van der Waals surface area contributed by atoms with Crippen molar-refractivity contribution < 1.29 is 19.7 Å². The van der Waals surface area contributed by atoms with Crippen molar-refractivity contribution in [1.29, 1.82) is 0 Å². The average Bonchev–Trinajstić information content (AvgIpc) is 1.95. The fourth-order valence-electron chi connectivity index (χ4n) is 0.626. The van der Waals surface area contributed by atoms with Gasteiger partial charge >= 0.3 is 0 Å². The lowest BCUT2D eigenvalue weighted by molar-refractivity contribution is -0.0101. The van der Waals surface area contributed by atoms with Gasteiger partial charge in [-0.05, 0) is 13.8 Å². The normalized spacial score (nSPS) is 13.7. The SMILES string of the molecule is C.C.CC(O)COCCOCC(C)O. The standard InChI is InChI=1S/C8H18O4.2CH4/c1-7(9)5-11-3-4-12-6-8(2)10;;/h7-10H,3-6H2,1-2H3;2*1H4. The van der Waals surface area contributed by atoms with E-state index in [9.17, 15) is 0 Å². The Morgan fingerprint density at radius 2 is 1.14 bits per heavy atom. The van der Waals surface area contributed by atoms with E-state index in [1.165, 1.54) is 0 Å². The molecule has 0 aliphatic carbocycles. The summed E-state index contributed by atoms with van der Waals surface area (Å²) in [6, 6.07) is 0. The maximum atomic E-state index is 8.79. The number of hydrogen-bond donors (Lipinski definition) is 2. The molecule has 2 atom stereocenters. The smallest absolute Gasteiger partial charge is 0.0745 e. The Morgan fingerprint density at radius 3 is 1.36 bits per heavy atom. The predicted octanol–water partition coefficient (Wildman–Crippen LogP) is 1.05. The van der Waals surface area contributed by atoms with E-state index in [0.29, 0.717) is 26.4 Å². The van der Waals surface area contributed by atoms with E-state index in [4.69, 9.17) is 19.7 Å². The van der Waals surface area contributed by atoms with Crippen LogP contribution in [-0.4, -0.2) is 48.8 Å². The summed E-state index contributed by atoms with van der Waals surface area (Å²) < 4.78 is 10.0. The minimum absolute atomic E-state index is 0. The second-order valence-corrected chi connectivity index (χ2v) is 2.85. The van der Waals surface area contributed by atoms with Crippen LogP contribution in [0.5, 0.6) is 0 Å². The van der Waals surface area contributed by atoms with Crippen LogP contribution in [0.3, 0.4) is 0 Å². The lowest BCUT2D eigenvalue weighted by atomic mass is 10.4. The van der Waals surface area contributed by atoms with Gasteiger partial charge in [0.25, 0.3) is 0 Å². The number of hydrogen-bond acceptors (Lipinski definition) is 4. The van der Waals surface area contributed by atoms with E-state index in [1.807, 2.05) is 0 Å². The maximum Gasteiger partial charge on any atom is 0.0745 e. The van der Waals surface area contributed by atoms with Gasteiger partial charge in [0.2, 0.25) is 0 Å². The molecule has 0 saturated carbocycles. The van der Waals surface area contributed by atoms with Crippen molar-refractivity contribution in [1.82, 2.24) is 0 Å². The van der Waals surface area contributed by atoms with Gasteiger partial charge in [0.15, 0.2) is 0 Å². The number of aliphatic hydroxyl groups excluding tert-OH is 2. The molecule has 0 radical (unpaired) electrons. The third kappa shape index (κ3) is 17.8. The molecule has 0 aromatic rings. The first-order valence-electron chi connectivity index (χ1n) is 4.14. The van der Waals surface area contributed by atoms with Crippen molar-refractivity contribution in [3.8, 4) is 0 Å². The van der Waals surface area contributed by atoms with Gasteiger partial charge in [-0.15, -0.1) is 0 Å². The van der Waals surface area contributed by atoms with Gasteiger partial charge in [-0.1, -0.05) is 14.9 Å². The second kappa shape index (κ2) is 12.8. The Bertz CT molecular complexity index is 82.1. The Hall–Kier alpha value is -0.160. The van der Waals surface area contributed by atoms with Crippen LogP contribution in [0.4, 0.5) is 0 Å². The van der Waals surface area contributed by atoms with E-state index in [-0.39, 0.29) is 14.9 Å². The quantitative estimate of drug-likeness (QED) is 0.617. The van der Waals surface area contributed by atoms with Crippen molar-refractivity contribution >= 4 is 0 Å². The molecule has 0 aromatic carbocycles. The van der Waals surface area contributed by atoms with E-state index in [2.05, 4.69) is 0 Å². The summed E-state index contributed by atoms with van der Waals surface area (Å²) in [6.07, 6.45) is -0.858. The molecule has 0 aliphatic heterocycles. The highest BCUT2D eigenvalue weighted by Gasteiger charge is 1.96. The van der Waals surface area contributed by atoms with Gasteiger partial charge in [-0.25, -0.2) is 0 Å². The zero-order chi connectivity index (χ0) is 9.40. The summed E-state index contributed by atoms with van der Waals surface area (Å²) in [7, 11) is 0. The Labute approximate surface area is 87.9 Å². The van der Waals surface area contributed by atoms with Gasteiger partial charge in [0.05, 0.1) is 38.6 Å². The first-order valence-corrected chi connectivity index (χ1v) is 4.14. The molecule has 0 aliphatic rings. The molecule has 0 amide bonds. The summed E-state index contributed by atoms with van der Waals surface area (Å²) in [5.74, 6) is 0. The average molecular weight is 210 g/mol. The largest absolute Gasteiger partial charge is 0.391 e. The van der Waals surface area contributed by atoms with Gasteiger partial charge in [-0.3, -0.25) is 0 Å². The summed E-state index contributed by atoms with van der Waals surface area (Å²) in [5.41, 5.74) is 0. The summed E-state index contributed by atoms with van der Waals surface area (Å²) in [4.78, 5) is 0. The Balaban J connectivity index is -0.000000605. The van der Waals surface area contributed by atoms with Crippen LogP contribution in [0.1, 0.15) is 28.7 Å². The highest BCUT2D eigenvalue weighted by Crippen LogP contribution is 1.85. The molecular weight excluding hydrogens is 184 g/mol. The molecule has 0 rings (SSSR count). The molecule has 90 valence electrons. The summed E-state index contributed by atoms with van der Waals surface area (Å²) >= 11 is 0. The van der Waals surface area contributed by atoms with Crippen molar-refractivity contribution in [2.24, 2.45) is 0 Å². The number of aliphatic hydroxyl groups is 2. The van der Waals surface area contributed by atoms with Crippen LogP contribution in [0.25, 0.3) is 0 Å². The fraction of sp³-hybridized carbons (Fsp3) is 1.00. The molecule has 2 unspecified atom stereocenters. The molecule has 0 fully saturated rings. The highest BCUT2D eigenvalue weighted by atomic mass is 16.5. The van der Waals surface area contributed by atoms with Crippen LogP contribution < -0.4 is 0 Å². The predicted molar refractivity (Wildman–Crippen MR) is 58.5 cm³/mol. The van der Waals surface area contributed by atoms with Crippen LogP contribution in [0.2, 0.25) is 0 Å². The number of ether oxygens (including phenoxy) is 2. The monoisotopic (exact) mass is 210 g/mol. The number of rotatable bonds is 7. The minimum atomic E-state index is -0.429. The van der Waals surface area contributed by atoms with Crippen molar-refractivity contribution in [3.05, 3.63) is 0 Å². The van der Waals surface area contributed by atoms with Crippen molar-refractivity contribution in [2.45, 2.75) is 40.9 Å². The lowest BCUT2D eigenvalue weighted by Gasteiger charge is -2.07. The minimum Gasteiger partial charge on any atom is -0.391 e. The molecule has 2 N–H and O–H groups in total. The second-order valence-electron chi connectivity index (χ2n) is 2.85. The molecule has 0 aromatic heterocycles. The zero-order valence-corrected chi connectivity index (χ0v) is 7.69. The third-order valence-electron chi connectivity index (χ3n) is 1.09. The Kier molecular flexibility index (Phi) is 17.8. The first-order chi connectivity index (χ1) is 5.63. The molecule has 4 nitrogen and oxygen atoms in total. The van der Waals surface area contributed by atoms with Crippen molar-refractivity contribution in [3.63, 3.8) is 0 Å². The molecule has 0 spiro atoms. The van der Waals surface area contributed by atoms with E-state index in [0.717, 1.165) is 0 Å².